The molecule has 1 atom stereocenters. The van der Waals surface area contributed by atoms with Gasteiger partial charge in [0.1, 0.15) is 0 Å². The standard InChI is InChI=1S/C9H16N2O2S.ClH/c12-9(8-6-14-7-10-8)11-2-1-4-13-5-3-11;/h8,10H,1-7H2;1H/t8-;/m1./s1. The highest BCUT2D eigenvalue weighted by Crippen LogP contribution is 2.12. The van der Waals surface area contributed by atoms with E-state index < -0.39 is 0 Å². The summed E-state index contributed by atoms with van der Waals surface area (Å²) in [5, 5.41) is 3.20. The van der Waals surface area contributed by atoms with Gasteiger partial charge in [0.2, 0.25) is 5.91 Å². The Morgan fingerprint density at radius 2 is 2.27 bits per heavy atom. The van der Waals surface area contributed by atoms with Crippen LogP contribution in [0.1, 0.15) is 6.42 Å². The Kier molecular flexibility index (Phi) is 5.74. The molecule has 2 fully saturated rings. The van der Waals surface area contributed by atoms with Gasteiger partial charge in [-0.3, -0.25) is 10.1 Å². The van der Waals surface area contributed by atoms with Gasteiger partial charge in [0.15, 0.2) is 0 Å². The summed E-state index contributed by atoms with van der Waals surface area (Å²) in [4.78, 5) is 13.9. The van der Waals surface area contributed by atoms with Crippen molar-refractivity contribution >= 4 is 30.1 Å². The third-order valence-electron chi connectivity index (χ3n) is 2.55. The Hall–Kier alpha value is 0.0300. The Labute approximate surface area is 101 Å². The molecule has 0 aromatic carbocycles. The van der Waals surface area contributed by atoms with E-state index in [-0.39, 0.29) is 24.4 Å². The largest absolute Gasteiger partial charge is 0.380 e. The number of amides is 1. The van der Waals surface area contributed by atoms with Gasteiger partial charge < -0.3 is 9.64 Å². The van der Waals surface area contributed by atoms with Gasteiger partial charge in [0.05, 0.1) is 12.6 Å². The van der Waals surface area contributed by atoms with Crippen molar-refractivity contribution in [2.75, 3.05) is 37.9 Å². The molecule has 0 aliphatic carbocycles. The van der Waals surface area contributed by atoms with Gasteiger partial charge in [-0.25, -0.2) is 0 Å². The van der Waals surface area contributed by atoms with Crippen LogP contribution < -0.4 is 5.32 Å². The first-order valence-electron chi connectivity index (χ1n) is 5.05. The fraction of sp³-hybridized carbons (Fsp3) is 0.889. The van der Waals surface area contributed by atoms with Crippen LogP contribution in [0.5, 0.6) is 0 Å². The molecule has 6 heteroatoms. The minimum atomic E-state index is 0. The van der Waals surface area contributed by atoms with Crippen molar-refractivity contribution in [2.45, 2.75) is 12.5 Å². The van der Waals surface area contributed by atoms with Crippen molar-refractivity contribution < 1.29 is 9.53 Å². The summed E-state index contributed by atoms with van der Waals surface area (Å²) in [6.45, 7) is 3.07. The molecule has 2 aliphatic heterocycles. The molecule has 0 bridgehead atoms. The maximum Gasteiger partial charge on any atom is 0.240 e. The van der Waals surface area contributed by atoms with Crippen molar-refractivity contribution in [1.29, 1.82) is 0 Å². The molecule has 0 spiro atoms. The molecule has 0 unspecified atom stereocenters. The average molecular weight is 253 g/mol. The first-order chi connectivity index (χ1) is 6.88. The van der Waals surface area contributed by atoms with Gasteiger partial charge in [-0.15, -0.1) is 24.2 Å². The minimum Gasteiger partial charge on any atom is -0.380 e. The van der Waals surface area contributed by atoms with Crippen LogP contribution in [0.3, 0.4) is 0 Å². The van der Waals surface area contributed by atoms with E-state index in [1.54, 1.807) is 11.8 Å². The van der Waals surface area contributed by atoms with Crippen molar-refractivity contribution in [3.05, 3.63) is 0 Å². The molecular formula is C9H17ClN2O2S. The van der Waals surface area contributed by atoms with Crippen LogP contribution in [-0.2, 0) is 9.53 Å². The van der Waals surface area contributed by atoms with Gasteiger partial charge >= 0.3 is 0 Å². The topological polar surface area (TPSA) is 41.6 Å². The van der Waals surface area contributed by atoms with Gasteiger partial charge in [-0.1, -0.05) is 0 Å². The lowest BCUT2D eigenvalue weighted by Gasteiger charge is -2.22. The smallest absolute Gasteiger partial charge is 0.240 e. The van der Waals surface area contributed by atoms with Gasteiger partial charge in [-0.2, -0.15) is 0 Å². The summed E-state index contributed by atoms with van der Waals surface area (Å²) in [5.74, 6) is 2.07. The molecule has 0 aromatic rings. The molecule has 0 saturated carbocycles. The highest BCUT2D eigenvalue weighted by atomic mass is 35.5. The van der Waals surface area contributed by atoms with E-state index in [2.05, 4.69) is 5.32 Å². The summed E-state index contributed by atoms with van der Waals surface area (Å²) in [7, 11) is 0. The Bertz CT molecular complexity index is 204. The van der Waals surface area contributed by atoms with Crippen molar-refractivity contribution in [3.63, 3.8) is 0 Å². The number of hydrogen-bond donors (Lipinski definition) is 1. The van der Waals surface area contributed by atoms with E-state index in [9.17, 15) is 4.79 Å². The molecule has 1 N–H and O–H groups in total. The molecule has 4 nitrogen and oxygen atoms in total. The fourth-order valence-corrected chi connectivity index (χ4v) is 2.67. The highest BCUT2D eigenvalue weighted by molar-refractivity contribution is 7.99. The summed E-state index contributed by atoms with van der Waals surface area (Å²) in [6, 6.07) is 0.0399. The number of rotatable bonds is 1. The zero-order chi connectivity index (χ0) is 9.80. The number of nitrogens with one attached hydrogen (secondary N) is 1. The van der Waals surface area contributed by atoms with Crippen LogP contribution in [0.15, 0.2) is 0 Å². The first-order valence-corrected chi connectivity index (χ1v) is 6.21. The van der Waals surface area contributed by atoms with Crippen LogP contribution in [0, 0.1) is 0 Å². The maximum absolute atomic E-state index is 11.9. The van der Waals surface area contributed by atoms with Crippen LogP contribution in [0.25, 0.3) is 0 Å². The normalized spacial score (nSPS) is 26.9. The second-order valence-electron chi connectivity index (χ2n) is 3.56. The van der Waals surface area contributed by atoms with E-state index in [0.717, 1.165) is 37.7 Å². The van der Waals surface area contributed by atoms with E-state index in [4.69, 9.17) is 4.74 Å². The molecular weight excluding hydrogens is 236 g/mol. The molecule has 2 heterocycles. The van der Waals surface area contributed by atoms with Crippen molar-refractivity contribution in [1.82, 2.24) is 10.2 Å². The lowest BCUT2D eigenvalue weighted by molar-refractivity contribution is -0.132. The van der Waals surface area contributed by atoms with E-state index in [0.29, 0.717) is 6.61 Å². The number of nitrogens with zero attached hydrogens (tertiary/aromatic N) is 1. The summed E-state index contributed by atoms with van der Waals surface area (Å²) in [6.07, 6.45) is 0.964. The maximum atomic E-state index is 11.9. The molecule has 2 aliphatic rings. The lowest BCUT2D eigenvalue weighted by atomic mass is 10.2. The third kappa shape index (κ3) is 3.52. The molecule has 2 rings (SSSR count). The third-order valence-corrected chi connectivity index (χ3v) is 3.49. The zero-order valence-electron chi connectivity index (χ0n) is 8.61. The minimum absolute atomic E-state index is 0. The van der Waals surface area contributed by atoms with E-state index >= 15 is 0 Å². The SMILES string of the molecule is Cl.O=C([C@H]1CSCN1)N1CCCOCC1. The van der Waals surface area contributed by atoms with Crippen molar-refractivity contribution in [3.8, 4) is 0 Å². The summed E-state index contributed by atoms with van der Waals surface area (Å²) < 4.78 is 5.32. The van der Waals surface area contributed by atoms with Crippen molar-refractivity contribution in [2.24, 2.45) is 0 Å². The molecule has 2 saturated heterocycles. The van der Waals surface area contributed by atoms with E-state index in [1.807, 2.05) is 4.90 Å². The Balaban J connectivity index is 0.00000112. The monoisotopic (exact) mass is 252 g/mol. The predicted molar refractivity (Wildman–Crippen MR) is 63.5 cm³/mol. The second kappa shape index (κ2) is 6.58. The molecule has 0 aromatic heterocycles. The quantitative estimate of drug-likeness (QED) is 0.730. The second-order valence-corrected chi connectivity index (χ2v) is 4.59. The molecule has 88 valence electrons. The average Bonchev–Trinajstić information content (AvgIpc) is 2.59. The Morgan fingerprint density at radius 3 is 3.00 bits per heavy atom. The Morgan fingerprint density at radius 1 is 1.40 bits per heavy atom. The number of ether oxygens (including phenoxy) is 1. The first kappa shape index (κ1) is 13.1. The predicted octanol–water partition coefficient (Wildman–Crippen LogP) is 0.320. The fourth-order valence-electron chi connectivity index (χ4n) is 1.74. The number of halogens is 1. The van der Waals surface area contributed by atoms with Gasteiger partial charge in [0, 0.05) is 31.3 Å². The lowest BCUT2D eigenvalue weighted by Crippen LogP contribution is -2.45. The summed E-state index contributed by atoms with van der Waals surface area (Å²) >= 11 is 1.79. The summed E-state index contributed by atoms with van der Waals surface area (Å²) in [5.41, 5.74) is 0. The molecule has 1 amide bonds. The van der Waals surface area contributed by atoms with Crippen LogP contribution in [-0.4, -0.2) is 54.8 Å². The molecule has 0 radical (unpaired) electrons. The van der Waals surface area contributed by atoms with E-state index in [1.165, 1.54) is 0 Å². The number of carbonyl (C=O) groups excluding carboxylic acids is 1. The van der Waals surface area contributed by atoms with Gasteiger partial charge in [0.25, 0.3) is 0 Å². The number of thioether (sulfide) groups is 1. The highest BCUT2D eigenvalue weighted by Gasteiger charge is 2.27. The zero-order valence-corrected chi connectivity index (χ0v) is 10.2. The molecule has 15 heavy (non-hydrogen) atoms. The van der Waals surface area contributed by atoms with Crippen LogP contribution in [0.2, 0.25) is 0 Å². The van der Waals surface area contributed by atoms with Crippen LogP contribution in [0.4, 0.5) is 0 Å². The van der Waals surface area contributed by atoms with Crippen LogP contribution >= 0.6 is 24.2 Å². The number of carbonyl (C=O) groups is 1. The van der Waals surface area contributed by atoms with Gasteiger partial charge in [-0.05, 0) is 6.42 Å². The number of hydrogen-bond acceptors (Lipinski definition) is 4.